The van der Waals surface area contributed by atoms with Crippen LogP contribution in [0.4, 0.5) is 0 Å². The minimum atomic E-state index is 1.02. The second-order valence-corrected chi connectivity index (χ2v) is 4.78. The van der Waals surface area contributed by atoms with Crippen LogP contribution in [0, 0.1) is 6.92 Å². The Morgan fingerprint density at radius 3 is 2.65 bits per heavy atom. The Morgan fingerprint density at radius 1 is 1.24 bits per heavy atom. The highest BCUT2D eigenvalue weighted by Gasteiger charge is 2.08. The third-order valence-corrected chi connectivity index (χ3v) is 3.58. The SMILES string of the molecule is C=C1C=C(c2ccc(C)c(CC)c2)CC=C1C. The largest absolute Gasteiger partial charge is 0.0915 e. The van der Waals surface area contributed by atoms with E-state index in [-0.39, 0.29) is 0 Å². The van der Waals surface area contributed by atoms with Crippen molar-refractivity contribution < 1.29 is 0 Å². The first-order chi connectivity index (χ1) is 8.11. The van der Waals surface area contributed by atoms with E-state index in [0.29, 0.717) is 0 Å². The van der Waals surface area contributed by atoms with Crippen LogP contribution < -0.4 is 0 Å². The van der Waals surface area contributed by atoms with Crippen molar-refractivity contribution in [1.29, 1.82) is 0 Å². The molecule has 0 radical (unpaired) electrons. The van der Waals surface area contributed by atoms with Crippen molar-refractivity contribution in [3.63, 3.8) is 0 Å². The Balaban J connectivity index is 2.36. The molecule has 0 heterocycles. The van der Waals surface area contributed by atoms with E-state index in [9.17, 15) is 0 Å². The molecule has 1 aromatic rings. The number of hydrogen-bond donors (Lipinski definition) is 0. The van der Waals surface area contributed by atoms with Gasteiger partial charge in [-0.15, -0.1) is 0 Å². The summed E-state index contributed by atoms with van der Waals surface area (Å²) >= 11 is 0. The first kappa shape index (κ1) is 11.9. The number of benzene rings is 1. The van der Waals surface area contributed by atoms with Gasteiger partial charge in [0, 0.05) is 0 Å². The predicted molar refractivity (Wildman–Crippen MR) is 76.0 cm³/mol. The van der Waals surface area contributed by atoms with Gasteiger partial charge in [0.25, 0.3) is 0 Å². The molecule has 0 spiro atoms. The summed E-state index contributed by atoms with van der Waals surface area (Å²) in [6.45, 7) is 10.6. The Morgan fingerprint density at radius 2 is 2.00 bits per heavy atom. The Labute approximate surface area is 104 Å². The van der Waals surface area contributed by atoms with Crippen molar-refractivity contribution in [2.75, 3.05) is 0 Å². The van der Waals surface area contributed by atoms with Gasteiger partial charge in [0.2, 0.25) is 0 Å². The van der Waals surface area contributed by atoms with Crippen LogP contribution in [-0.2, 0) is 6.42 Å². The fourth-order valence-corrected chi connectivity index (χ4v) is 2.23. The molecule has 17 heavy (non-hydrogen) atoms. The normalized spacial score (nSPS) is 15.6. The van der Waals surface area contributed by atoms with Gasteiger partial charge < -0.3 is 0 Å². The summed E-state index contributed by atoms with van der Waals surface area (Å²) in [5, 5.41) is 0. The number of aryl methyl sites for hydroxylation is 2. The third kappa shape index (κ3) is 2.41. The van der Waals surface area contributed by atoms with Gasteiger partial charge in [-0.3, -0.25) is 0 Å². The van der Waals surface area contributed by atoms with E-state index < -0.39 is 0 Å². The third-order valence-electron chi connectivity index (χ3n) is 3.58. The Hall–Kier alpha value is -1.56. The molecule has 0 atom stereocenters. The zero-order valence-corrected chi connectivity index (χ0v) is 11.0. The molecule has 0 amide bonds. The summed E-state index contributed by atoms with van der Waals surface area (Å²) in [5.74, 6) is 0. The molecule has 0 fully saturated rings. The van der Waals surface area contributed by atoms with Crippen LogP contribution in [0.3, 0.4) is 0 Å². The van der Waals surface area contributed by atoms with E-state index >= 15 is 0 Å². The van der Waals surface area contributed by atoms with E-state index in [1.54, 1.807) is 0 Å². The van der Waals surface area contributed by atoms with Crippen molar-refractivity contribution in [2.24, 2.45) is 0 Å². The van der Waals surface area contributed by atoms with Crippen molar-refractivity contribution in [2.45, 2.75) is 33.6 Å². The highest BCUT2D eigenvalue weighted by atomic mass is 14.1. The van der Waals surface area contributed by atoms with E-state index in [1.165, 1.54) is 27.8 Å². The zero-order chi connectivity index (χ0) is 12.4. The zero-order valence-electron chi connectivity index (χ0n) is 11.0. The van der Waals surface area contributed by atoms with Gasteiger partial charge in [-0.2, -0.15) is 0 Å². The molecule has 88 valence electrons. The monoisotopic (exact) mass is 224 g/mol. The van der Waals surface area contributed by atoms with E-state index in [4.69, 9.17) is 0 Å². The van der Waals surface area contributed by atoms with Crippen LogP contribution in [0.2, 0.25) is 0 Å². The molecule has 2 rings (SSSR count). The number of allylic oxidation sites excluding steroid dienone is 5. The molecule has 0 saturated carbocycles. The first-order valence-electron chi connectivity index (χ1n) is 6.28. The van der Waals surface area contributed by atoms with Crippen molar-refractivity contribution >= 4 is 5.57 Å². The quantitative estimate of drug-likeness (QED) is 0.674. The molecule has 0 bridgehead atoms. The maximum absolute atomic E-state index is 4.09. The maximum Gasteiger partial charge on any atom is -0.00854 e. The molecule has 0 nitrogen and oxygen atoms in total. The van der Waals surface area contributed by atoms with E-state index in [2.05, 4.69) is 57.7 Å². The molecule has 0 N–H and O–H groups in total. The fraction of sp³-hybridized carbons (Fsp3) is 0.294. The van der Waals surface area contributed by atoms with Crippen LogP contribution in [0.15, 0.2) is 48.1 Å². The lowest BCUT2D eigenvalue weighted by Gasteiger charge is -2.15. The lowest BCUT2D eigenvalue weighted by atomic mass is 9.90. The minimum absolute atomic E-state index is 1.02. The first-order valence-corrected chi connectivity index (χ1v) is 6.28. The molecule has 1 aromatic carbocycles. The molecule has 0 aliphatic heterocycles. The van der Waals surface area contributed by atoms with Crippen molar-refractivity contribution in [3.8, 4) is 0 Å². The standard InChI is InChI=1S/C17H20/c1-5-15-11-17(9-7-13(15)3)16-8-6-12(2)14(4)10-16/h6-7,9-11H,4-5,8H2,1-3H3. The van der Waals surface area contributed by atoms with Gasteiger partial charge in [0.15, 0.2) is 0 Å². The Kier molecular flexibility index (Phi) is 3.33. The highest BCUT2D eigenvalue weighted by molar-refractivity contribution is 5.73. The van der Waals surface area contributed by atoms with Crippen molar-refractivity contribution in [3.05, 3.63) is 64.8 Å². The summed E-state index contributed by atoms with van der Waals surface area (Å²) < 4.78 is 0. The molecular formula is C17H20. The van der Waals surface area contributed by atoms with Gasteiger partial charge in [0.05, 0.1) is 0 Å². The van der Waals surface area contributed by atoms with Crippen LogP contribution in [0.25, 0.3) is 5.57 Å². The number of rotatable bonds is 2. The maximum atomic E-state index is 4.09. The summed E-state index contributed by atoms with van der Waals surface area (Å²) in [7, 11) is 0. The van der Waals surface area contributed by atoms with Crippen LogP contribution in [0.1, 0.15) is 37.0 Å². The summed E-state index contributed by atoms with van der Waals surface area (Å²) in [6.07, 6.45) is 6.61. The van der Waals surface area contributed by atoms with Gasteiger partial charge >= 0.3 is 0 Å². The topological polar surface area (TPSA) is 0 Å². The highest BCUT2D eigenvalue weighted by Crippen LogP contribution is 2.29. The summed E-state index contributed by atoms with van der Waals surface area (Å²) in [5.41, 5.74) is 8.01. The predicted octanol–water partition coefficient (Wildman–Crippen LogP) is 4.85. The summed E-state index contributed by atoms with van der Waals surface area (Å²) in [6, 6.07) is 6.77. The van der Waals surface area contributed by atoms with Gasteiger partial charge in [0.1, 0.15) is 0 Å². The second-order valence-electron chi connectivity index (χ2n) is 4.78. The Bertz CT molecular complexity index is 513. The molecule has 0 aromatic heterocycles. The van der Waals surface area contributed by atoms with E-state index in [1.807, 2.05) is 0 Å². The van der Waals surface area contributed by atoms with Gasteiger partial charge in [-0.1, -0.05) is 43.9 Å². The molecular weight excluding hydrogens is 204 g/mol. The lowest BCUT2D eigenvalue weighted by molar-refractivity contribution is 1.10. The molecule has 0 unspecified atom stereocenters. The van der Waals surface area contributed by atoms with Crippen LogP contribution >= 0.6 is 0 Å². The smallest absolute Gasteiger partial charge is 0.00854 e. The molecule has 1 aliphatic rings. The van der Waals surface area contributed by atoms with Crippen molar-refractivity contribution in [1.82, 2.24) is 0 Å². The van der Waals surface area contributed by atoms with E-state index in [0.717, 1.165) is 18.4 Å². The van der Waals surface area contributed by atoms with Gasteiger partial charge in [-0.25, -0.2) is 0 Å². The number of hydrogen-bond acceptors (Lipinski definition) is 0. The minimum Gasteiger partial charge on any atom is -0.0915 e. The molecule has 0 heteroatoms. The van der Waals surface area contributed by atoms with Gasteiger partial charge in [-0.05, 0) is 60.1 Å². The average Bonchev–Trinajstić information content (AvgIpc) is 2.33. The molecule has 1 aliphatic carbocycles. The van der Waals surface area contributed by atoms with Crippen LogP contribution in [-0.4, -0.2) is 0 Å². The lowest BCUT2D eigenvalue weighted by Crippen LogP contribution is -1.95. The fourth-order valence-electron chi connectivity index (χ4n) is 2.23. The average molecular weight is 224 g/mol. The molecule has 0 saturated heterocycles. The second kappa shape index (κ2) is 4.75. The summed E-state index contributed by atoms with van der Waals surface area (Å²) in [4.78, 5) is 0. The van der Waals surface area contributed by atoms with Crippen LogP contribution in [0.5, 0.6) is 0 Å².